The van der Waals surface area contributed by atoms with Gasteiger partial charge in [-0.25, -0.2) is 23.1 Å². The van der Waals surface area contributed by atoms with E-state index in [9.17, 15) is 8.42 Å². The van der Waals surface area contributed by atoms with Gasteiger partial charge >= 0.3 is 0 Å². The molecule has 0 unspecified atom stereocenters. The summed E-state index contributed by atoms with van der Waals surface area (Å²) in [5.41, 5.74) is 0.0838. The van der Waals surface area contributed by atoms with Crippen molar-refractivity contribution in [1.82, 2.24) is 20.3 Å². The number of aryl methyl sites for hydroxylation is 1. The van der Waals surface area contributed by atoms with Gasteiger partial charge in [0.25, 0.3) is 0 Å². The standard InChI is InChI=1S/C20H31N5O2S2.HI/c1-6-16-13-22-18(28-16)14-24-19(21-7-2)23-12-15-10-8-9-11-17(15)29(26,27)25-20(3,4)5;/h8-11,13,25H,6-7,12,14H2,1-5H3,(H2,21,23,24);1H. The molecule has 0 fully saturated rings. The van der Waals surface area contributed by atoms with Crippen molar-refractivity contribution < 1.29 is 8.42 Å². The lowest BCUT2D eigenvalue weighted by atomic mass is 10.1. The summed E-state index contributed by atoms with van der Waals surface area (Å²) in [6, 6.07) is 6.95. The third-order valence-corrected chi connectivity index (χ3v) is 6.81. The minimum Gasteiger partial charge on any atom is -0.357 e. The SMILES string of the molecule is CCNC(=NCc1ccccc1S(=O)(=O)NC(C)(C)C)NCc1ncc(CC)s1.I. The van der Waals surface area contributed by atoms with Gasteiger partial charge in [0.15, 0.2) is 5.96 Å². The van der Waals surface area contributed by atoms with Crippen molar-refractivity contribution in [2.24, 2.45) is 4.99 Å². The van der Waals surface area contributed by atoms with Crippen LogP contribution in [0.4, 0.5) is 0 Å². The van der Waals surface area contributed by atoms with Crippen LogP contribution in [0.2, 0.25) is 0 Å². The van der Waals surface area contributed by atoms with Crippen LogP contribution < -0.4 is 15.4 Å². The molecular weight excluding hydrogens is 533 g/mol. The molecule has 0 aliphatic heterocycles. The number of aromatic nitrogens is 1. The number of thiazole rings is 1. The molecule has 7 nitrogen and oxygen atoms in total. The quantitative estimate of drug-likeness (QED) is 0.258. The second-order valence-corrected chi connectivity index (χ2v) is 10.4. The summed E-state index contributed by atoms with van der Waals surface area (Å²) >= 11 is 1.67. The second-order valence-electron chi connectivity index (χ2n) is 7.59. The zero-order chi connectivity index (χ0) is 21.5. The number of nitrogens with one attached hydrogen (secondary N) is 3. The molecule has 0 radical (unpaired) electrons. The van der Waals surface area contributed by atoms with Gasteiger partial charge in [0, 0.05) is 23.2 Å². The van der Waals surface area contributed by atoms with Crippen LogP contribution in [0.3, 0.4) is 0 Å². The van der Waals surface area contributed by atoms with Crippen molar-refractivity contribution in [1.29, 1.82) is 0 Å². The van der Waals surface area contributed by atoms with Gasteiger partial charge in [-0.15, -0.1) is 35.3 Å². The largest absolute Gasteiger partial charge is 0.357 e. The first-order valence-corrected chi connectivity index (χ1v) is 12.0. The molecule has 0 amide bonds. The average Bonchev–Trinajstić information content (AvgIpc) is 3.10. The monoisotopic (exact) mass is 565 g/mol. The molecule has 0 aliphatic carbocycles. The molecule has 0 aliphatic rings. The minimum atomic E-state index is -3.63. The lowest BCUT2D eigenvalue weighted by molar-refractivity contribution is 0.491. The fraction of sp³-hybridized carbons (Fsp3) is 0.500. The zero-order valence-corrected chi connectivity index (χ0v) is 22.1. The number of halogens is 1. The molecule has 1 aromatic heterocycles. The van der Waals surface area contributed by atoms with Gasteiger partial charge in [-0.1, -0.05) is 25.1 Å². The second kappa shape index (κ2) is 12.0. The van der Waals surface area contributed by atoms with Crippen molar-refractivity contribution in [3.8, 4) is 0 Å². The summed E-state index contributed by atoms with van der Waals surface area (Å²) in [5.74, 6) is 0.622. The highest BCUT2D eigenvalue weighted by Gasteiger charge is 2.24. The minimum absolute atomic E-state index is 0. The molecule has 2 rings (SSSR count). The highest BCUT2D eigenvalue weighted by molar-refractivity contribution is 14.0. The van der Waals surface area contributed by atoms with E-state index in [0.717, 1.165) is 11.4 Å². The first kappa shape index (κ1) is 26.8. The van der Waals surface area contributed by atoms with Gasteiger partial charge in [-0.05, 0) is 45.7 Å². The van der Waals surface area contributed by atoms with Crippen LogP contribution in [0, 0.1) is 0 Å². The van der Waals surface area contributed by atoms with E-state index >= 15 is 0 Å². The van der Waals surface area contributed by atoms with Gasteiger partial charge in [0.1, 0.15) is 5.01 Å². The zero-order valence-electron chi connectivity index (χ0n) is 18.2. The maximum atomic E-state index is 12.8. The Hall–Kier alpha value is -1.24. The van der Waals surface area contributed by atoms with E-state index in [1.807, 2.05) is 40.0 Å². The molecule has 10 heteroatoms. The molecule has 0 saturated carbocycles. The number of aliphatic imine (C=N–C) groups is 1. The Balaban J connectivity index is 0.00000450. The number of hydrogen-bond acceptors (Lipinski definition) is 5. The highest BCUT2D eigenvalue weighted by Crippen LogP contribution is 2.18. The van der Waals surface area contributed by atoms with Crippen LogP contribution in [0.25, 0.3) is 0 Å². The molecular formula is C20H32IN5O2S2. The van der Waals surface area contributed by atoms with E-state index in [2.05, 4.69) is 32.3 Å². The number of hydrogen-bond donors (Lipinski definition) is 3. The maximum Gasteiger partial charge on any atom is 0.241 e. The summed E-state index contributed by atoms with van der Waals surface area (Å²) in [4.78, 5) is 10.5. The predicted molar refractivity (Wildman–Crippen MR) is 135 cm³/mol. The Morgan fingerprint density at radius 3 is 2.47 bits per heavy atom. The molecule has 30 heavy (non-hydrogen) atoms. The number of nitrogens with zero attached hydrogens (tertiary/aromatic N) is 2. The van der Waals surface area contributed by atoms with Crippen LogP contribution in [-0.4, -0.2) is 31.4 Å². The molecule has 1 aromatic carbocycles. The van der Waals surface area contributed by atoms with Crippen molar-refractivity contribution in [2.45, 2.75) is 64.6 Å². The molecule has 0 saturated heterocycles. The van der Waals surface area contributed by atoms with Crippen LogP contribution >= 0.6 is 35.3 Å². The van der Waals surface area contributed by atoms with Gasteiger partial charge in [-0.2, -0.15) is 0 Å². The summed E-state index contributed by atoms with van der Waals surface area (Å²) in [5, 5.41) is 7.44. The third-order valence-electron chi connectivity index (χ3n) is 3.81. The molecule has 1 heterocycles. The maximum absolute atomic E-state index is 12.8. The van der Waals surface area contributed by atoms with Gasteiger partial charge in [0.05, 0.1) is 18.0 Å². The smallest absolute Gasteiger partial charge is 0.241 e. The van der Waals surface area contributed by atoms with E-state index in [-0.39, 0.29) is 35.4 Å². The highest BCUT2D eigenvalue weighted by atomic mass is 127. The van der Waals surface area contributed by atoms with Gasteiger partial charge in [0.2, 0.25) is 10.0 Å². The van der Waals surface area contributed by atoms with Gasteiger partial charge < -0.3 is 10.6 Å². The topological polar surface area (TPSA) is 95.5 Å². The fourth-order valence-electron chi connectivity index (χ4n) is 2.61. The average molecular weight is 566 g/mol. The van der Waals surface area contributed by atoms with Crippen LogP contribution in [0.1, 0.15) is 50.1 Å². The number of guanidine groups is 1. The van der Waals surface area contributed by atoms with Crippen LogP contribution in [0.5, 0.6) is 0 Å². The van der Waals surface area contributed by atoms with E-state index < -0.39 is 15.6 Å². The first-order valence-electron chi connectivity index (χ1n) is 9.72. The normalized spacial score (nSPS) is 12.4. The van der Waals surface area contributed by atoms with Crippen LogP contribution in [0.15, 0.2) is 40.4 Å². The lowest BCUT2D eigenvalue weighted by Crippen LogP contribution is -2.40. The van der Waals surface area contributed by atoms with E-state index in [0.29, 0.717) is 24.6 Å². The third kappa shape index (κ3) is 8.48. The number of sulfonamides is 1. The predicted octanol–water partition coefficient (Wildman–Crippen LogP) is 3.66. The molecule has 3 N–H and O–H groups in total. The fourth-order valence-corrected chi connectivity index (χ4v) is 5.07. The van der Waals surface area contributed by atoms with E-state index in [4.69, 9.17) is 0 Å². The van der Waals surface area contributed by atoms with Crippen molar-refractivity contribution in [2.75, 3.05) is 6.54 Å². The van der Waals surface area contributed by atoms with E-state index in [1.54, 1.807) is 29.5 Å². The summed E-state index contributed by atoms with van der Waals surface area (Å²) in [6.45, 7) is 11.1. The Morgan fingerprint density at radius 1 is 1.17 bits per heavy atom. The van der Waals surface area contributed by atoms with E-state index in [1.165, 1.54) is 4.88 Å². The van der Waals surface area contributed by atoms with Crippen LogP contribution in [-0.2, 0) is 29.5 Å². The number of benzene rings is 1. The summed E-state index contributed by atoms with van der Waals surface area (Å²) in [7, 11) is -3.63. The van der Waals surface area contributed by atoms with Crippen molar-refractivity contribution in [3.63, 3.8) is 0 Å². The summed E-state index contributed by atoms with van der Waals surface area (Å²) in [6.07, 6.45) is 2.87. The molecule has 0 atom stereocenters. The van der Waals surface area contributed by atoms with Crippen molar-refractivity contribution in [3.05, 3.63) is 45.9 Å². The summed E-state index contributed by atoms with van der Waals surface area (Å²) < 4.78 is 28.3. The molecule has 168 valence electrons. The molecule has 0 spiro atoms. The molecule has 2 aromatic rings. The van der Waals surface area contributed by atoms with Crippen molar-refractivity contribution >= 4 is 51.3 Å². The lowest BCUT2D eigenvalue weighted by Gasteiger charge is -2.21. The first-order chi connectivity index (χ1) is 13.6. The Kier molecular flexibility index (Phi) is 10.7. The molecule has 0 bridgehead atoms. The Labute approximate surface area is 201 Å². The van der Waals surface area contributed by atoms with Gasteiger partial charge in [-0.3, -0.25) is 0 Å². The number of rotatable bonds is 8. The Morgan fingerprint density at radius 2 is 1.87 bits per heavy atom. The Bertz CT molecular complexity index is 937.